The molecule has 15 heavy (non-hydrogen) atoms. The van der Waals surface area contributed by atoms with Gasteiger partial charge in [-0.25, -0.2) is 0 Å². The summed E-state index contributed by atoms with van der Waals surface area (Å²) in [5.74, 6) is 0.885. The summed E-state index contributed by atoms with van der Waals surface area (Å²) in [5.41, 5.74) is 0.106. The van der Waals surface area contributed by atoms with Crippen molar-refractivity contribution in [1.82, 2.24) is 10.5 Å². The molecule has 1 aromatic rings. The van der Waals surface area contributed by atoms with Gasteiger partial charge in [-0.15, -0.1) is 11.6 Å². The zero-order valence-electron chi connectivity index (χ0n) is 8.55. The third-order valence-corrected chi connectivity index (χ3v) is 3.32. The number of carbonyl (C=O) groups excluding carboxylic acids is 1. The number of nitrogens with zero attached hydrogens (tertiary/aromatic N) is 1. The molecule has 0 aromatic carbocycles. The van der Waals surface area contributed by atoms with Crippen LogP contribution in [0.25, 0.3) is 0 Å². The fraction of sp³-hybridized carbons (Fsp3) is 0.600. The van der Waals surface area contributed by atoms with E-state index in [4.69, 9.17) is 16.1 Å². The van der Waals surface area contributed by atoms with Crippen LogP contribution in [0, 0.1) is 6.92 Å². The molecule has 1 fully saturated rings. The maximum Gasteiger partial charge on any atom is 0.273 e. The number of rotatable bonds is 3. The van der Waals surface area contributed by atoms with Crippen molar-refractivity contribution in [2.24, 2.45) is 0 Å². The molecule has 5 heteroatoms. The van der Waals surface area contributed by atoms with Crippen LogP contribution in [-0.4, -0.2) is 22.5 Å². The largest absolute Gasteiger partial charge is 0.361 e. The number of amides is 1. The molecule has 0 atom stereocenters. The number of halogens is 1. The summed E-state index contributed by atoms with van der Waals surface area (Å²) in [6.07, 6.45) is 3.00. The van der Waals surface area contributed by atoms with Gasteiger partial charge in [0.15, 0.2) is 5.69 Å². The average molecular weight is 229 g/mol. The molecule has 4 nitrogen and oxygen atoms in total. The van der Waals surface area contributed by atoms with Crippen LogP contribution in [0.3, 0.4) is 0 Å². The van der Waals surface area contributed by atoms with Crippen LogP contribution in [0.5, 0.6) is 0 Å². The van der Waals surface area contributed by atoms with Crippen molar-refractivity contribution < 1.29 is 9.32 Å². The molecule has 1 saturated carbocycles. The number of carbonyl (C=O) groups is 1. The standard InChI is InChI=1S/C10H13ClN2O2/c1-7-5-8(13-15-7)9(14)12-10(6-11)3-2-4-10/h5H,2-4,6H2,1H3,(H,12,14). The number of nitrogens with one attached hydrogen (secondary N) is 1. The first kappa shape index (κ1) is 10.5. The van der Waals surface area contributed by atoms with Crippen LogP contribution >= 0.6 is 11.6 Å². The van der Waals surface area contributed by atoms with Gasteiger partial charge in [0.1, 0.15) is 5.76 Å². The number of aryl methyl sites for hydroxylation is 1. The van der Waals surface area contributed by atoms with Crippen molar-refractivity contribution in [3.05, 3.63) is 17.5 Å². The molecule has 0 saturated heterocycles. The minimum Gasteiger partial charge on any atom is -0.361 e. The first-order chi connectivity index (χ1) is 7.15. The van der Waals surface area contributed by atoms with Gasteiger partial charge >= 0.3 is 0 Å². The zero-order valence-corrected chi connectivity index (χ0v) is 9.30. The number of hydrogen-bond donors (Lipinski definition) is 1. The van der Waals surface area contributed by atoms with E-state index in [1.165, 1.54) is 0 Å². The van der Waals surface area contributed by atoms with Gasteiger partial charge in [0, 0.05) is 11.9 Å². The molecular formula is C10H13ClN2O2. The Hall–Kier alpha value is -1.03. The quantitative estimate of drug-likeness (QED) is 0.804. The van der Waals surface area contributed by atoms with Gasteiger partial charge < -0.3 is 9.84 Å². The van der Waals surface area contributed by atoms with Gasteiger partial charge in [0.05, 0.1) is 5.54 Å². The van der Waals surface area contributed by atoms with E-state index in [0.29, 0.717) is 17.3 Å². The van der Waals surface area contributed by atoms with Gasteiger partial charge in [-0.1, -0.05) is 5.16 Å². The van der Waals surface area contributed by atoms with E-state index in [2.05, 4.69) is 10.5 Å². The Kier molecular flexibility index (Phi) is 2.69. The highest BCUT2D eigenvalue weighted by Gasteiger charge is 2.38. The van der Waals surface area contributed by atoms with Crippen molar-refractivity contribution in [2.45, 2.75) is 31.7 Å². The lowest BCUT2D eigenvalue weighted by Gasteiger charge is -2.40. The lowest BCUT2D eigenvalue weighted by atomic mass is 9.78. The highest BCUT2D eigenvalue weighted by molar-refractivity contribution is 6.19. The monoisotopic (exact) mass is 228 g/mol. The zero-order chi connectivity index (χ0) is 10.9. The summed E-state index contributed by atoms with van der Waals surface area (Å²) in [5, 5.41) is 6.58. The summed E-state index contributed by atoms with van der Waals surface area (Å²) in [6.45, 7) is 1.75. The van der Waals surface area contributed by atoms with Crippen LogP contribution in [0.15, 0.2) is 10.6 Å². The van der Waals surface area contributed by atoms with E-state index in [1.54, 1.807) is 13.0 Å². The normalized spacial score (nSPS) is 18.3. The third kappa shape index (κ3) is 2.00. The summed E-state index contributed by atoms with van der Waals surface area (Å²) >= 11 is 5.84. The minimum absolute atomic E-state index is 0.202. The molecule has 0 aliphatic heterocycles. The number of aromatic nitrogens is 1. The molecule has 1 aromatic heterocycles. The van der Waals surface area contributed by atoms with E-state index in [-0.39, 0.29) is 11.4 Å². The molecule has 1 aliphatic carbocycles. The molecule has 2 rings (SSSR count). The molecule has 0 bridgehead atoms. The molecule has 82 valence electrons. The Bertz CT molecular complexity index is 366. The lowest BCUT2D eigenvalue weighted by molar-refractivity contribution is 0.0844. The highest BCUT2D eigenvalue weighted by Crippen LogP contribution is 2.33. The second-order valence-electron chi connectivity index (χ2n) is 4.04. The van der Waals surface area contributed by atoms with Crippen LogP contribution < -0.4 is 5.32 Å². The summed E-state index contributed by atoms with van der Waals surface area (Å²) in [7, 11) is 0. The summed E-state index contributed by atoms with van der Waals surface area (Å²) in [6, 6.07) is 1.62. The van der Waals surface area contributed by atoms with E-state index in [0.717, 1.165) is 19.3 Å². The Morgan fingerprint density at radius 1 is 1.73 bits per heavy atom. The molecule has 0 radical (unpaired) electrons. The van der Waals surface area contributed by atoms with E-state index < -0.39 is 0 Å². The second-order valence-corrected chi connectivity index (χ2v) is 4.31. The van der Waals surface area contributed by atoms with Crippen molar-refractivity contribution >= 4 is 17.5 Å². The van der Waals surface area contributed by atoms with Gasteiger partial charge in [-0.2, -0.15) is 0 Å². The predicted octanol–water partition coefficient (Wildman–Crippen LogP) is 1.87. The molecule has 1 heterocycles. The maximum atomic E-state index is 11.7. The highest BCUT2D eigenvalue weighted by atomic mass is 35.5. The fourth-order valence-electron chi connectivity index (χ4n) is 1.67. The second kappa shape index (κ2) is 3.85. The molecule has 0 unspecified atom stereocenters. The van der Waals surface area contributed by atoms with E-state index in [9.17, 15) is 4.79 Å². The van der Waals surface area contributed by atoms with Gasteiger partial charge in [-0.3, -0.25) is 4.79 Å². The third-order valence-electron chi connectivity index (χ3n) is 2.81. The topological polar surface area (TPSA) is 55.1 Å². The SMILES string of the molecule is Cc1cc(C(=O)NC2(CCl)CCC2)no1. The number of hydrogen-bond acceptors (Lipinski definition) is 3. The average Bonchev–Trinajstić information content (AvgIpc) is 2.58. The van der Waals surface area contributed by atoms with Crippen LogP contribution in [0.4, 0.5) is 0 Å². The van der Waals surface area contributed by atoms with Crippen LogP contribution in [-0.2, 0) is 0 Å². The van der Waals surface area contributed by atoms with Crippen molar-refractivity contribution in [3.63, 3.8) is 0 Å². The molecule has 1 amide bonds. The van der Waals surface area contributed by atoms with Crippen LogP contribution in [0.2, 0.25) is 0 Å². The van der Waals surface area contributed by atoms with Crippen LogP contribution in [0.1, 0.15) is 35.5 Å². The van der Waals surface area contributed by atoms with Crippen molar-refractivity contribution in [2.75, 3.05) is 5.88 Å². The van der Waals surface area contributed by atoms with Crippen molar-refractivity contribution in [1.29, 1.82) is 0 Å². The first-order valence-electron chi connectivity index (χ1n) is 4.97. The van der Waals surface area contributed by atoms with Gasteiger partial charge in [-0.05, 0) is 26.2 Å². The molecular weight excluding hydrogens is 216 g/mol. The Labute approximate surface area is 93.0 Å². The molecule has 0 spiro atoms. The van der Waals surface area contributed by atoms with Crippen molar-refractivity contribution in [3.8, 4) is 0 Å². The van der Waals surface area contributed by atoms with Gasteiger partial charge in [0.25, 0.3) is 5.91 Å². The molecule has 1 N–H and O–H groups in total. The Morgan fingerprint density at radius 2 is 2.47 bits per heavy atom. The van der Waals surface area contributed by atoms with E-state index >= 15 is 0 Å². The number of alkyl halides is 1. The predicted molar refractivity (Wildman–Crippen MR) is 56.0 cm³/mol. The molecule has 1 aliphatic rings. The maximum absolute atomic E-state index is 11.7. The lowest BCUT2D eigenvalue weighted by Crippen LogP contribution is -2.55. The fourth-order valence-corrected chi connectivity index (χ4v) is 2.01. The smallest absolute Gasteiger partial charge is 0.273 e. The summed E-state index contributed by atoms with van der Waals surface area (Å²) in [4.78, 5) is 11.7. The first-order valence-corrected chi connectivity index (χ1v) is 5.50. The Morgan fingerprint density at radius 3 is 2.87 bits per heavy atom. The minimum atomic E-state index is -0.217. The van der Waals surface area contributed by atoms with Gasteiger partial charge in [0.2, 0.25) is 0 Å². The summed E-state index contributed by atoms with van der Waals surface area (Å²) < 4.78 is 4.84. The Balaban J connectivity index is 2.03. The van der Waals surface area contributed by atoms with E-state index in [1.807, 2.05) is 0 Å².